The Morgan fingerprint density at radius 3 is 2.71 bits per heavy atom. The second kappa shape index (κ2) is 5.24. The normalized spacial score (nSPS) is 10.9. The van der Waals surface area contributed by atoms with Crippen LogP contribution >= 0.6 is 0 Å². The summed E-state index contributed by atoms with van der Waals surface area (Å²) in [6.45, 7) is 0. The number of aromatic nitrogens is 2. The number of nitrogens with zero attached hydrogens (tertiary/aromatic N) is 1. The molecule has 6 heteroatoms. The molecule has 3 N–H and O–H groups in total. The number of hydrogen-bond acceptors (Lipinski definition) is 4. The van der Waals surface area contributed by atoms with Gasteiger partial charge in [-0.3, -0.25) is 9.59 Å². The number of rotatable bonds is 4. The molecule has 2 aromatic heterocycles. The summed E-state index contributed by atoms with van der Waals surface area (Å²) in [6, 6.07) is 7.23. The van der Waals surface area contributed by atoms with Crippen molar-refractivity contribution >= 4 is 16.7 Å². The molecule has 0 saturated heterocycles. The molecule has 0 radical (unpaired) electrons. The third-order valence-corrected chi connectivity index (χ3v) is 3.34. The standard InChI is InChI=1S/C15H13N3O3/c16-13(19)6-5-10-9-3-1-2-4-11(9)15(20)18-14(10)12-7-17-8-21-12/h1-4,7-8H,5-6H2,(H2,16,19)(H,18,20). The molecule has 0 saturated carbocycles. The topological polar surface area (TPSA) is 102 Å². The van der Waals surface area contributed by atoms with Gasteiger partial charge in [0.1, 0.15) is 0 Å². The van der Waals surface area contributed by atoms with E-state index in [4.69, 9.17) is 10.2 Å². The third kappa shape index (κ3) is 2.43. The Hall–Kier alpha value is -2.89. The summed E-state index contributed by atoms with van der Waals surface area (Å²) in [4.78, 5) is 29.9. The molecular weight excluding hydrogens is 270 g/mol. The highest BCUT2D eigenvalue weighted by molar-refractivity contribution is 5.89. The van der Waals surface area contributed by atoms with E-state index in [1.807, 2.05) is 12.1 Å². The van der Waals surface area contributed by atoms with Crippen molar-refractivity contribution in [1.29, 1.82) is 0 Å². The molecule has 0 aliphatic rings. The minimum Gasteiger partial charge on any atom is -0.442 e. The molecule has 2 heterocycles. The van der Waals surface area contributed by atoms with Gasteiger partial charge in [0.2, 0.25) is 5.91 Å². The lowest BCUT2D eigenvalue weighted by atomic mass is 9.99. The number of carbonyl (C=O) groups is 1. The van der Waals surface area contributed by atoms with Crippen LogP contribution in [0, 0.1) is 0 Å². The Morgan fingerprint density at radius 1 is 1.29 bits per heavy atom. The van der Waals surface area contributed by atoms with Crippen LogP contribution < -0.4 is 11.3 Å². The van der Waals surface area contributed by atoms with E-state index >= 15 is 0 Å². The van der Waals surface area contributed by atoms with Gasteiger partial charge in [-0.2, -0.15) is 0 Å². The fraction of sp³-hybridized carbons (Fsp3) is 0.133. The summed E-state index contributed by atoms with van der Waals surface area (Å²) in [5, 5.41) is 1.36. The molecule has 0 atom stereocenters. The minimum atomic E-state index is -0.395. The average molecular weight is 283 g/mol. The number of nitrogens with one attached hydrogen (secondary N) is 1. The molecule has 106 valence electrons. The summed E-state index contributed by atoms with van der Waals surface area (Å²) in [5.74, 6) is 0.0612. The van der Waals surface area contributed by atoms with Crippen molar-refractivity contribution in [2.75, 3.05) is 0 Å². The number of benzene rings is 1. The number of amides is 1. The van der Waals surface area contributed by atoms with Crippen LogP contribution in [0.15, 0.2) is 46.1 Å². The highest BCUT2D eigenvalue weighted by Crippen LogP contribution is 2.27. The Kier molecular flexibility index (Phi) is 3.27. The van der Waals surface area contributed by atoms with Crippen molar-refractivity contribution in [3.05, 3.63) is 52.8 Å². The number of carbonyl (C=O) groups excluding carboxylic acids is 1. The van der Waals surface area contributed by atoms with Crippen molar-refractivity contribution < 1.29 is 9.21 Å². The van der Waals surface area contributed by atoms with Gasteiger partial charge in [-0.1, -0.05) is 18.2 Å². The molecule has 0 aliphatic heterocycles. The maximum atomic E-state index is 12.2. The number of primary amides is 1. The van der Waals surface area contributed by atoms with Crippen LogP contribution in [-0.2, 0) is 11.2 Å². The molecule has 0 aliphatic carbocycles. The van der Waals surface area contributed by atoms with E-state index in [1.54, 1.807) is 12.1 Å². The number of fused-ring (bicyclic) bond motifs is 1. The van der Waals surface area contributed by atoms with Gasteiger partial charge in [-0.05, 0) is 23.4 Å². The zero-order valence-electron chi connectivity index (χ0n) is 11.1. The molecule has 21 heavy (non-hydrogen) atoms. The highest BCUT2D eigenvalue weighted by Gasteiger charge is 2.15. The first kappa shape index (κ1) is 13.1. The Labute approximate surface area is 119 Å². The summed E-state index contributed by atoms with van der Waals surface area (Å²) in [7, 11) is 0. The second-order valence-corrected chi connectivity index (χ2v) is 4.69. The first-order valence-corrected chi connectivity index (χ1v) is 6.48. The zero-order valence-corrected chi connectivity index (χ0v) is 11.1. The number of H-pyrrole nitrogens is 1. The number of pyridine rings is 1. The van der Waals surface area contributed by atoms with Gasteiger partial charge >= 0.3 is 0 Å². The summed E-state index contributed by atoms with van der Waals surface area (Å²) in [6.07, 6.45) is 3.42. The van der Waals surface area contributed by atoms with Crippen molar-refractivity contribution in [1.82, 2.24) is 9.97 Å². The van der Waals surface area contributed by atoms with Gasteiger partial charge in [-0.25, -0.2) is 4.98 Å². The van der Waals surface area contributed by atoms with Crippen LogP contribution in [-0.4, -0.2) is 15.9 Å². The van der Waals surface area contributed by atoms with Gasteiger partial charge in [0.25, 0.3) is 5.56 Å². The lowest BCUT2D eigenvalue weighted by Gasteiger charge is -2.10. The van der Waals surface area contributed by atoms with Crippen molar-refractivity contribution in [3.63, 3.8) is 0 Å². The van der Waals surface area contributed by atoms with Gasteiger partial charge in [0.05, 0.1) is 11.9 Å². The van der Waals surface area contributed by atoms with Crippen LogP contribution in [0.1, 0.15) is 12.0 Å². The molecule has 1 aromatic carbocycles. The van der Waals surface area contributed by atoms with E-state index in [1.165, 1.54) is 12.6 Å². The molecule has 0 spiro atoms. The van der Waals surface area contributed by atoms with Crippen LogP contribution in [0.5, 0.6) is 0 Å². The van der Waals surface area contributed by atoms with Gasteiger partial charge in [-0.15, -0.1) is 0 Å². The first-order valence-electron chi connectivity index (χ1n) is 6.48. The lowest BCUT2D eigenvalue weighted by Crippen LogP contribution is -2.14. The fourth-order valence-electron chi connectivity index (χ4n) is 2.39. The predicted octanol–water partition coefficient (Wildman–Crippen LogP) is 1.60. The van der Waals surface area contributed by atoms with Crippen molar-refractivity contribution in [3.8, 4) is 11.5 Å². The Bertz CT molecular complexity index is 850. The lowest BCUT2D eigenvalue weighted by molar-refractivity contribution is -0.117. The molecule has 3 aromatic rings. The molecule has 0 unspecified atom stereocenters. The zero-order chi connectivity index (χ0) is 14.8. The van der Waals surface area contributed by atoms with Gasteiger partial charge in [0.15, 0.2) is 12.2 Å². The van der Waals surface area contributed by atoms with Crippen LogP contribution in [0.2, 0.25) is 0 Å². The van der Waals surface area contributed by atoms with Crippen LogP contribution in [0.25, 0.3) is 22.2 Å². The SMILES string of the molecule is NC(=O)CCc1c(-c2cnco2)[nH]c(=O)c2ccccc12. The third-order valence-electron chi connectivity index (χ3n) is 3.34. The quantitative estimate of drug-likeness (QED) is 0.759. The smallest absolute Gasteiger partial charge is 0.256 e. The van der Waals surface area contributed by atoms with Crippen molar-refractivity contribution in [2.24, 2.45) is 5.73 Å². The second-order valence-electron chi connectivity index (χ2n) is 4.69. The maximum Gasteiger partial charge on any atom is 0.256 e. The monoisotopic (exact) mass is 283 g/mol. The fourth-order valence-corrected chi connectivity index (χ4v) is 2.39. The molecule has 6 nitrogen and oxygen atoms in total. The van der Waals surface area contributed by atoms with E-state index < -0.39 is 5.91 Å². The largest absolute Gasteiger partial charge is 0.442 e. The Morgan fingerprint density at radius 2 is 2.05 bits per heavy atom. The number of oxazole rings is 1. The van der Waals surface area contributed by atoms with Crippen LogP contribution in [0.4, 0.5) is 0 Å². The van der Waals surface area contributed by atoms with E-state index in [-0.39, 0.29) is 12.0 Å². The summed E-state index contributed by atoms with van der Waals surface area (Å²) in [5.41, 5.74) is 6.39. The number of nitrogens with two attached hydrogens (primary N) is 1. The molecule has 0 bridgehead atoms. The molecule has 1 amide bonds. The molecular formula is C15H13N3O3. The van der Waals surface area contributed by atoms with E-state index in [2.05, 4.69) is 9.97 Å². The number of aromatic amines is 1. The average Bonchev–Trinajstić information content (AvgIpc) is 3.00. The first-order chi connectivity index (χ1) is 10.2. The summed E-state index contributed by atoms with van der Waals surface area (Å²) < 4.78 is 5.27. The van der Waals surface area contributed by atoms with Gasteiger partial charge in [0, 0.05) is 11.8 Å². The number of aryl methyl sites for hydroxylation is 1. The van der Waals surface area contributed by atoms with E-state index in [0.29, 0.717) is 23.3 Å². The maximum absolute atomic E-state index is 12.2. The molecule has 3 rings (SSSR count). The highest BCUT2D eigenvalue weighted by atomic mass is 16.3. The Balaban J connectivity index is 2.27. The van der Waals surface area contributed by atoms with E-state index in [9.17, 15) is 9.59 Å². The van der Waals surface area contributed by atoms with E-state index in [0.717, 1.165) is 10.9 Å². The van der Waals surface area contributed by atoms with Crippen molar-refractivity contribution in [2.45, 2.75) is 12.8 Å². The molecule has 0 fully saturated rings. The predicted molar refractivity (Wildman–Crippen MR) is 77.6 cm³/mol. The minimum absolute atomic E-state index is 0.192. The van der Waals surface area contributed by atoms with Crippen LogP contribution in [0.3, 0.4) is 0 Å². The van der Waals surface area contributed by atoms with Gasteiger partial charge < -0.3 is 15.1 Å². The number of hydrogen-bond donors (Lipinski definition) is 2. The summed E-state index contributed by atoms with van der Waals surface area (Å²) >= 11 is 0.